The van der Waals surface area contributed by atoms with E-state index in [4.69, 9.17) is 10.2 Å². The third-order valence-electron chi connectivity index (χ3n) is 1.05. The number of aliphatic hydroxyl groups is 2. The van der Waals surface area contributed by atoms with Gasteiger partial charge in [-0.15, -0.1) is 0 Å². The molecule has 2 heteroatoms. The molecule has 0 aromatic carbocycles. The van der Waals surface area contributed by atoms with E-state index in [0.717, 1.165) is 12.5 Å². The van der Waals surface area contributed by atoms with Crippen LogP contribution >= 0.6 is 0 Å². The second-order valence-corrected chi connectivity index (χ2v) is 1.58. The molecule has 54 valence electrons. The van der Waals surface area contributed by atoms with Gasteiger partial charge in [0.1, 0.15) is 0 Å². The first kappa shape index (κ1) is 8.56. The summed E-state index contributed by atoms with van der Waals surface area (Å²) < 4.78 is 0. The molecular formula is C8H10O2. The smallest absolute Gasteiger partial charge is 0.0871 e. The Morgan fingerprint density at radius 2 is 1.20 bits per heavy atom. The van der Waals surface area contributed by atoms with Crippen LogP contribution < -0.4 is 0 Å². The van der Waals surface area contributed by atoms with Gasteiger partial charge in [0.05, 0.1) is 12.5 Å². The highest BCUT2D eigenvalue weighted by Crippen LogP contribution is 2.09. The molecule has 0 saturated carbocycles. The van der Waals surface area contributed by atoms with Crippen molar-refractivity contribution in [1.82, 2.24) is 0 Å². The number of allylic oxidation sites excluding steroid dienone is 4. The fourth-order valence-corrected chi connectivity index (χ4v) is 0.490. The Morgan fingerprint density at radius 1 is 0.900 bits per heavy atom. The minimum Gasteiger partial charge on any atom is -0.515 e. The molecule has 0 fully saturated rings. The average Bonchev–Trinajstić information content (AvgIpc) is 2.00. The van der Waals surface area contributed by atoms with Gasteiger partial charge in [0.15, 0.2) is 0 Å². The number of aliphatic hydroxyl groups excluding tert-OH is 2. The predicted octanol–water partition coefficient (Wildman–Crippen LogP) is 2.24. The van der Waals surface area contributed by atoms with E-state index in [9.17, 15) is 0 Å². The van der Waals surface area contributed by atoms with E-state index < -0.39 is 0 Å². The molecule has 10 heavy (non-hydrogen) atoms. The molecule has 0 heterocycles. The van der Waals surface area contributed by atoms with Gasteiger partial charge in [-0.1, -0.05) is 25.3 Å². The molecule has 0 amide bonds. The van der Waals surface area contributed by atoms with E-state index in [1.54, 1.807) is 0 Å². The van der Waals surface area contributed by atoms with Crippen LogP contribution in [0.2, 0.25) is 0 Å². The lowest BCUT2D eigenvalue weighted by Crippen LogP contribution is -1.81. The first-order valence-electron chi connectivity index (χ1n) is 2.74. The highest BCUT2D eigenvalue weighted by molar-refractivity contribution is 5.42. The van der Waals surface area contributed by atoms with Crippen LogP contribution in [0.15, 0.2) is 49.0 Å². The molecule has 0 bridgehead atoms. The van der Waals surface area contributed by atoms with Crippen molar-refractivity contribution in [2.45, 2.75) is 0 Å². The molecule has 0 atom stereocenters. The molecule has 0 aromatic rings. The van der Waals surface area contributed by atoms with Crippen LogP contribution in [-0.4, -0.2) is 10.2 Å². The van der Waals surface area contributed by atoms with Crippen molar-refractivity contribution in [2.75, 3.05) is 0 Å². The molecular weight excluding hydrogens is 128 g/mol. The average molecular weight is 138 g/mol. The van der Waals surface area contributed by atoms with Crippen molar-refractivity contribution in [1.29, 1.82) is 0 Å². The van der Waals surface area contributed by atoms with Gasteiger partial charge in [-0.25, -0.2) is 0 Å². The van der Waals surface area contributed by atoms with Gasteiger partial charge in [-0.05, 0) is 0 Å². The van der Waals surface area contributed by atoms with Crippen LogP contribution in [-0.2, 0) is 0 Å². The Balaban J connectivity index is 4.58. The van der Waals surface area contributed by atoms with E-state index >= 15 is 0 Å². The Bertz CT molecular complexity index is 165. The molecule has 0 aromatic heterocycles. The zero-order valence-corrected chi connectivity index (χ0v) is 5.62. The van der Waals surface area contributed by atoms with Crippen molar-refractivity contribution < 1.29 is 10.2 Å². The summed E-state index contributed by atoms with van der Waals surface area (Å²) in [4.78, 5) is 0. The monoisotopic (exact) mass is 138 g/mol. The highest BCUT2D eigenvalue weighted by atomic mass is 16.2. The third-order valence-corrected chi connectivity index (χ3v) is 1.05. The van der Waals surface area contributed by atoms with Crippen LogP contribution in [0.4, 0.5) is 0 Å². The predicted molar refractivity (Wildman–Crippen MR) is 41.8 cm³/mol. The zero-order chi connectivity index (χ0) is 7.98. The minimum absolute atomic E-state index is 0.442. The van der Waals surface area contributed by atoms with Crippen molar-refractivity contribution in [2.24, 2.45) is 0 Å². The van der Waals surface area contributed by atoms with Crippen molar-refractivity contribution >= 4 is 0 Å². The molecule has 0 aliphatic rings. The fourth-order valence-electron chi connectivity index (χ4n) is 0.490. The van der Waals surface area contributed by atoms with Gasteiger partial charge in [0.2, 0.25) is 0 Å². The zero-order valence-electron chi connectivity index (χ0n) is 5.62. The maximum Gasteiger partial charge on any atom is 0.0871 e. The fraction of sp³-hybridized carbons (Fsp3) is 0. The summed E-state index contributed by atoms with van der Waals surface area (Å²) in [6.45, 7) is 6.84. The SMILES string of the molecule is C=CC(=C/O)/C(C=C)=C\O. The van der Waals surface area contributed by atoms with Crippen molar-refractivity contribution in [3.8, 4) is 0 Å². The maximum absolute atomic E-state index is 8.53. The van der Waals surface area contributed by atoms with Gasteiger partial charge in [0.25, 0.3) is 0 Å². The molecule has 2 N–H and O–H groups in total. The molecule has 0 aliphatic carbocycles. The van der Waals surface area contributed by atoms with Gasteiger partial charge >= 0.3 is 0 Å². The first-order valence-corrected chi connectivity index (χ1v) is 2.74. The highest BCUT2D eigenvalue weighted by Gasteiger charge is 1.94. The maximum atomic E-state index is 8.53. The van der Waals surface area contributed by atoms with Crippen LogP contribution in [0.5, 0.6) is 0 Å². The normalized spacial score (nSPS) is 12.8. The van der Waals surface area contributed by atoms with E-state index in [2.05, 4.69) is 13.2 Å². The summed E-state index contributed by atoms with van der Waals surface area (Å²) in [6, 6.07) is 0. The van der Waals surface area contributed by atoms with Gasteiger partial charge < -0.3 is 10.2 Å². The molecule has 0 rings (SSSR count). The summed E-state index contributed by atoms with van der Waals surface area (Å²) in [5.74, 6) is 0. The van der Waals surface area contributed by atoms with Gasteiger partial charge in [-0.3, -0.25) is 0 Å². The van der Waals surface area contributed by atoms with Crippen LogP contribution in [0, 0.1) is 0 Å². The second-order valence-electron chi connectivity index (χ2n) is 1.58. The van der Waals surface area contributed by atoms with Crippen LogP contribution in [0.3, 0.4) is 0 Å². The molecule has 2 nitrogen and oxygen atoms in total. The number of hydrogen-bond donors (Lipinski definition) is 2. The van der Waals surface area contributed by atoms with Crippen molar-refractivity contribution in [3.63, 3.8) is 0 Å². The van der Waals surface area contributed by atoms with Gasteiger partial charge in [-0.2, -0.15) is 0 Å². The second kappa shape index (κ2) is 4.44. The standard InChI is InChI=1S/C8H10O2/c1-3-7(5-9)8(4-2)6-10/h3-6,9-10H,1-2H2/b7-5-,8-6-. The molecule has 0 radical (unpaired) electrons. The summed E-state index contributed by atoms with van der Waals surface area (Å²) >= 11 is 0. The molecule has 0 aliphatic heterocycles. The van der Waals surface area contributed by atoms with Gasteiger partial charge in [0, 0.05) is 11.1 Å². The number of rotatable bonds is 3. The molecule has 0 unspecified atom stereocenters. The quantitative estimate of drug-likeness (QED) is 0.463. The summed E-state index contributed by atoms with van der Waals surface area (Å²) in [5, 5.41) is 17.1. The largest absolute Gasteiger partial charge is 0.515 e. The lowest BCUT2D eigenvalue weighted by molar-refractivity contribution is 0.461. The Labute approximate surface area is 60.1 Å². The Morgan fingerprint density at radius 3 is 1.30 bits per heavy atom. The Hall–Kier alpha value is -1.44. The summed E-state index contributed by atoms with van der Waals surface area (Å²) in [5.41, 5.74) is 0.884. The molecule has 0 saturated heterocycles. The van der Waals surface area contributed by atoms with Crippen molar-refractivity contribution in [3.05, 3.63) is 49.0 Å². The minimum atomic E-state index is 0.442. The van der Waals surface area contributed by atoms with Crippen LogP contribution in [0.1, 0.15) is 0 Å². The first-order chi connectivity index (χ1) is 4.79. The Kier molecular flexibility index (Phi) is 3.80. The van der Waals surface area contributed by atoms with E-state index in [0.29, 0.717) is 11.1 Å². The number of hydrogen-bond acceptors (Lipinski definition) is 2. The lowest BCUT2D eigenvalue weighted by Gasteiger charge is -1.96. The molecule has 0 spiro atoms. The van der Waals surface area contributed by atoms with Crippen LogP contribution in [0.25, 0.3) is 0 Å². The summed E-state index contributed by atoms with van der Waals surface area (Å²) in [7, 11) is 0. The van der Waals surface area contributed by atoms with E-state index in [1.165, 1.54) is 12.2 Å². The lowest BCUT2D eigenvalue weighted by atomic mass is 10.1. The summed E-state index contributed by atoms with van der Waals surface area (Å²) in [6.07, 6.45) is 4.56. The topological polar surface area (TPSA) is 40.5 Å². The van der Waals surface area contributed by atoms with E-state index in [1.807, 2.05) is 0 Å². The third kappa shape index (κ3) is 1.82. The van der Waals surface area contributed by atoms with E-state index in [-0.39, 0.29) is 0 Å².